The number of ketones is 1. The zero-order chi connectivity index (χ0) is 16.3. The second-order valence-corrected chi connectivity index (χ2v) is 7.66. The molecule has 2 saturated heterocycles. The molecule has 5 unspecified atom stereocenters. The third-order valence-corrected chi connectivity index (χ3v) is 5.54. The summed E-state index contributed by atoms with van der Waals surface area (Å²) >= 11 is 0. The Morgan fingerprint density at radius 2 is 1.82 bits per heavy atom. The SMILES string of the molecule is CCOP(C)(=O)OCCC(=O)C1C2CCC(O2)C1C(=O)OC. The van der Waals surface area contributed by atoms with Gasteiger partial charge in [-0.05, 0) is 19.8 Å². The summed E-state index contributed by atoms with van der Waals surface area (Å²) in [4.78, 5) is 24.3. The van der Waals surface area contributed by atoms with E-state index in [1.165, 1.54) is 13.8 Å². The van der Waals surface area contributed by atoms with E-state index in [9.17, 15) is 14.2 Å². The third-order valence-electron chi connectivity index (χ3n) is 4.16. The Bertz CT molecular complexity index is 478. The summed E-state index contributed by atoms with van der Waals surface area (Å²) in [5.74, 6) is -1.53. The number of esters is 1. The van der Waals surface area contributed by atoms with Crippen LogP contribution in [0.3, 0.4) is 0 Å². The molecular formula is C14H23O7P. The van der Waals surface area contributed by atoms with Crippen LogP contribution in [0.2, 0.25) is 0 Å². The standard InChI is InChI=1S/C14H23O7P/c1-4-19-22(3,17)20-8-7-9(15)12-10-5-6-11(21-10)13(12)14(16)18-2/h10-13H,4-8H2,1-3H3. The summed E-state index contributed by atoms with van der Waals surface area (Å²) in [6.07, 6.45) is 1.19. The van der Waals surface area contributed by atoms with Crippen LogP contribution in [-0.4, -0.2) is 50.9 Å². The van der Waals surface area contributed by atoms with Crippen LogP contribution in [0.25, 0.3) is 0 Å². The van der Waals surface area contributed by atoms with Gasteiger partial charge in [-0.15, -0.1) is 0 Å². The van der Waals surface area contributed by atoms with Crippen molar-refractivity contribution in [2.45, 2.75) is 38.4 Å². The first-order valence-electron chi connectivity index (χ1n) is 7.52. The van der Waals surface area contributed by atoms with Crippen LogP contribution in [0.4, 0.5) is 0 Å². The third kappa shape index (κ3) is 3.77. The van der Waals surface area contributed by atoms with Crippen molar-refractivity contribution in [2.24, 2.45) is 11.8 Å². The summed E-state index contributed by atoms with van der Waals surface area (Å²) in [7, 11) is -1.79. The van der Waals surface area contributed by atoms with Crippen LogP contribution in [0.5, 0.6) is 0 Å². The molecule has 2 rings (SSSR count). The van der Waals surface area contributed by atoms with E-state index in [4.69, 9.17) is 18.5 Å². The maximum Gasteiger partial charge on any atom is 0.327 e. The number of rotatable bonds is 8. The molecular weight excluding hydrogens is 311 g/mol. The van der Waals surface area contributed by atoms with E-state index in [1.54, 1.807) is 6.92 Å². The minimum atomic E-state index is -3.11. The quantitative estimate of drug-likeness (QED) is 0.494. The van der Waals surface area contributed by atoms with Gasteiger partial charge in [0, 0.05) is 13.1 Å². The Balaban J connectivity index is 1.91. The van der Waals surface area contributed by atoms with Crippen molar-refractivity contribution in [1.82, 2.24) is 0 Å². The van der Waals surface area contributed by atoms with Crippen LogP contribution in [-0.2, 0) is 32.7 Å². The number of carbonyl (C=O) groups is 2. The van der Waals surface area contributed by atoms with Gasteiger partial charge in [-0.2, -0.15) is 0 Å². The fourth-order valence-corrected chi connectivity index (χ4v) is 4.24. The molecule has 126 valence electrons. The van der Waals surface area contributed by atoms with Gasteiger partial charge in [0.25, 0.3) is 0 Å². The number of fused-ring (bicyclic) bond motifs is 2. The van der Waals surface area contributed by atoms with Crippen LogP contribution in [0.1, 0.15) is 26.2 Å². The normalized spacial score (nSPS) is 32.7. The van der Waals surface area contributed by atoms with Crippen molar-refractivity contribution in [3.63, 3.8) is 0 Å². The summed E-state index contributed by atoms with van der Waals surface area (Å²) in [5, 5.41) is 0. The summed E-state index contributed by atoms with van der Waals surface area (Å²) in [5.41, 5.74) is 0. The molecule has 0 aromatic rings. The second-order valence-electron chi connectivity index (χ2n) is 5.60. The summed E-state index contributed by atoms with van der Waals surface area (Å²) < 4.78 is 32.4. The van der Waals surface area contributed by atoms with Crippen molar-refractivity contribution in [3.05, 3.63) is 0 Å². The number of methoxy groups -OCH3 is 1. The Hall–Kier alpha value is -0.750. The molecule has 2 heterocycles. The molecule has 0 spiro atoms. The lowest BCUT2D eigenvalue weighted by Gasteiger charge is -2.24. The van der Waals surface area contributed by atoms with E-state index in [1.807, 2.05) is 0 Å². The van der Waals surface area contributed by atoms with Crippen molar-refractivity contribution in [3.8, 4) is 0 Å². The van der Waals surface area contributed by atoms with Crippen LogP contribution in [0, 0.1) is 11.8 Å². The van der Waals surface area contributed by atoms with Gasteiger partial charge in [0.05, 0.1) is 44.4 Å². The van der Waals surface area contributed by atoms with Crippen LogP contribution >= 0.6 is 7.60 Å². The van der Waals surface area contributed by atoms with Crippen LogP contribution < -0.4 is 0 Å². The highest BCUT2D eigenvalue weighted by atomic mass is 31.2. The molecule has 2 aliphatic heterocycles. The smallest absolute Gasteiger partial charge is 0.327 e. The van der Waals surface area contributed by atoms with Crippen molar-refractivity contribution in [2.75, 3.05) is 27.0 Å². The molecule has 5 atom stereocenters. The molecule has 7 nitrogen and oxygen atoms in total. The second kappa shape index (κ2) is 7.21. The molecule has 22 heavy (non-hydrogen) atoms. The topological polar surface area (TPSA) is 88.1 Å². The van der Waals surface area contributed by atoms with E-state index in [-0.39, 0.29) is 37.6 Å². The Kier molecular flexibility index (Phi) is 5.77. The van der Waals surface area contributed by atoms with E-state index < -0.39 is 25.4 Å². The fourth-order valence-electron chi connectivity index (χ4n) is 3.27. The molecule has 0 N–H and O–H groups in total. The first kappa shape index (κ1) is 17.6. The molecule has 0 saturated carbocycles. The van der Waals surface area contributed by atoms with E-state index >= 15 is 0 Å². The lowest BCUT2D eigenvalue weighted by Crippen LogP contribution is -2.39. The number of hydrogen-bond acceptors (Lipinski definition) is 7. The zero-order valence-corrected chi connectivity index (χ0v) is 14.0. The largest absolute Gasteiger partial charge is 0.469 e. The molecule has 0 aromatic carbocycles. The molecule has 2 fully saturated rings. The number of hydrogen-bond donors (Lipinski definition) is 0. The first-order chi connectivity index (χ1) is 10.4. The Morgan fingerprint density at radius 1 is 1.18 bits per heavy atom. The van der Waals surface area contributed by atoms with Gasteiger partial charge in [0.15, 0.2) is 0 Å². The van der Waals surface area contributed by atoms with Gasteiger partial charge in [-0.1, -0.05) is 0 Å². The number of Topliss-reactive ketones (excluding diaryl/α,β-unsaturated/α-hetero) is 1. The number of carbonyl (C=O) groups excluding carboxylic acids is 2. The van der Waals surface area contributed by atoms with Gasteiger partial charge in [0.1, 0.15) is 5.78 Å². The minimum Gasteiger partial charge on any atom is -0.469 e. The summed E-state index contributed by atoms with van der Waals surface area (Å²) in [6.45, 7) is 3.39. The molecule has 2 aliphatic rings. The lowest BCUT2D eigenvalue weighted by molar-refractivity contribution is -0.150. The minimum absolute atomic E-state index is 0.00832. The Morgan fingerprint density at radius 3 is 2.41 bits per heavy atom. The van der Waals surface area contributed by atoms with Crippen LogP contribution in [0.15, 0.2) is 0 Å². The molecule has 0 aromatic heterocycles. The highest BCUT2D eigenvalue weighted by Crippen LogP contribution is 2.46. The number of ether oxygens (including phenoxy) is 2. The average Bonchev–Trinajstić information content (AvgIpc) is 3.06. The Labute approximate surface area is 130 Å². The van der Waals surface area contributed by atoms with Crippen molar-refractivity contribution in [1.29, 1.82) is 0 Å². The van der Waals surface area contributed by atoms with E-state index in [2.05, 4.69) is 0 Å². The summed E-state index contributed by atoms with van der Waals surface area (Å²) in [6, 6.07) is 0. The maximum atomic E-state index is 12.4. The van der Waals surface area contributed by atoms with Gasteiger partial charge in [-0.3, -0.25) is 14.2 Å². The van der Waals surface area contributed by atoms with E-state index in [0.717, 1.165) is 12.8 Å². The maximum absolute atomic E-state index is 12.4. The van der Waals surface area contributed by atoms with Gasteiger partial charge < -0.3 is 18.5 Å². The highest BCUT2D eigenvalue weighted by molar-refractivity contribution is 7.52. The zero-order valence-electron chi connectivity index (χ0n) is 13.1. The average molecular weight is 334 g/mol. The van der Waals surface area contributed by atoms with Crippen molar-refractivity contribution >= 4 is 19.3 Å². The molecule has 0 aliphatic carbocycles. The molecule has 0 radical (unpaired) electrons. The predicted octanol–water partition coefficient (Wildman–Crippen LogP) is 1.79. The van der Waals surface area contributed by atoms with E-state index in [0.29, 0.717) is 0 Å². The fraction of sp³-hybridized carbons (Fsp3) is 0.857. The van der Waals surface area contributed by atoms with Crippen molar-refractivity contribution < 1.29 is 32.7 Å². The molecule has 0 amide bonds. The van der Waals surface area contributed by atoms with Gasteiger partial charge in [0.2, 0.25) is 0 Å². The highest BCUT2D eigenvalue weighted by Gasteiger charge is 2.55. The monoisotopic (exact) mass is 334 g/mol. The van der Waals surface area contributed by atoms with Gasteiger partial charge >= 0.3 is 13.6 Å². The molecule has 8 heteroatoms. The predicted molar refractivity (Wildman–Crippen MR) is 77.6 cm³/mol. The van der Waals surface area contributed by atoms with Gasteiger partial charge in [-0.25, -0.2) is 0 Å². The lowest BCUT2D eigenvalue weighted by atomic mass is 9.76. The molecule has 2 bridgehead atoms. The first-order valence-corrected chi connectivity index (χ1v) is 9.51.